The van der Waals surface area contributed by atoms with Crippen molar-refractivity contribution in [2.75, 3.05) is 11.9 Å². The van der Waals surface area contributed by atoms with Crippen LogP contribution in [0.5, 0.6) is 0 Å². The van der Waals surface area contributed by atoms with Gasteiger partial charge in [-0.3, -0.25) is 9.78 Å². The van der Waals surface area contributed by atoms with Gasteiger partial charge in [0.2, 0.25) is 0 Å². The average molecular weight is 357 g/mol. The lowest BCUT2D eigenvalue weighted by molar-refractivity contribution is 0.0953. The van der Waals surface area contributed by atoms with E-state index in [1.165, 1.54) is 42.9 Å². The average Bonchev–Trinajstić information content (AvgIpc) is 2.66. The largest absolute Gasteiger partial charge is 0.352 e. The van der Waals surface area contributed by atoms with Gasteiger partial charge in [0, 0.05) is 12.7 Å². The third-order valence-corrected chi connectivity index (χ3v) is 4.35. The van der Waals surface area contributed by atoms with E-state index in [9.17, 15) is 13.6 Å². The van der Waals surface area contributed by atoms with Crippen molar-refractivity contribution in [1.82, 2.24) is 10.3 Å². The second-order valence-electron chi connectivity index (χ2n) is 6.30. The third-order valence-electron chi connectivity index (χ3n) is 4.35. The molecule has 0 saturated carbocycles. The van der Waals surface area contributed by atoms with Crippen molar-refractivity contribution in [3.05, 3.63) is 65.5 Å². The molecule has 0 bridgehead atoms. The Bertz CT molecular complexity index is 800. The van der Waals surface area contributed by atoms with Crippen LogP contribution < -0.4 is 10.6 Å². The van der Waals surface area contributed by atoms with Gasteiger partial charge in [0.1, 0.15) is 17.3 Å². The van der Waals surface area contributed by atoms with Gasteiger partial charge in [0.15, 0.2) is 0 Å². The smallest absolute Gasteiger partial charge is 0.252 e. The van der Waals surface area contributed by atoms with Crippen LogP contribution in [0.2, 0.25) is 0 Å². The van der Waals surface area contributed by atoms with Crippen LogP contribution in [0, 0.1) is 11.6 Å². The Kier molecular flexibility index (Phi) is 5.94. The zero-order valence-corrected chi connectivity index (χ0v) is 14.4. The van der Waals surface area contributed by atoms with Gasteiger partial charge < -0.3 is 10.6 Å². The van der Waals surface area contributed by atoms with E-state index >= 15 is 0 Å². The maximum atomic E-state index is 13.7. The molecular weight excluding hydrogens is 336 g/mol. The van der Waals surface area contributed by atoms with Gasteiger partial charge >= 0.3 is 0 Å². The molecule has 1 aromatic heterocycles. The summed E-state index contributed by atoms with van der Waals surface area (Å²) in [5.41, 5.74) is 1.80. The molecule has 2 aromatic rings. The lowest BCUT2D eigenvalue weighted by Gasteiger charge is -2.13. The van der Waals surface area contributed by atoms with Crippen LogP contribution in [0.1, 0.15) is 42.5 Å². The van der Waals surface area contributed by atoms with E-state index in [4.69, 9.17) is 0 Å². The highest BCUT2D eigenvalue weighted by Gasteiger charge is 2.11. The number of pyridine rings is 1. The molecule has 3 rings (SSSR count). The summed E-state index contributed by atoms with van der Waals surface area (Å²) in [5, 5.41) is 5.51. The number of aromatic nitrogens is 1. The predicted molar refractivity (Wildman–Crippen MR) is 97.4 cm³/mol. The summed E-state index contributed by atoms with van der Waals surface area (Å²) in [6, 6.07) is 5.14. The molecule has 136 valence electrons. The molecule has 2 N–H and O–H groups in total. The van der Waals surface area contributed by atoms with Crippen molar-refractivity contribution in [2.24, 2.45) is 0 Å². The first-order chi connectivity index (χ1) is 12.6. The first-order valence-electron chi connectivity index (χ1n) is 8.75. The van der Waals surface area contributed by atoms with Crippen LogP contribution >= 0.6 is 0 Å². The second kappa shape index (κ2) is 8.56. The van der Waals surface area contributed by atoms with Crippen molar-refractivity contribution in [3.8, 4) is 0 Å². The number of allylic oxidation sites excluding steroid dienone is 1. The highest BCUT2D eigenvalue weighted by atomic mass is 19.1. The topological polar surface area (TPSA) is 54.0 Å². The maximum Gasteiger partial charge on any atom is 0.252 e. The highest BCUT2D eigenvalue weighted by molar-refractivity contribution is 5.94. The molecule has 1 aromatic carbocycles. The second-order valence-corrected chi connectivity index (χ2v) is 6.30. The van der Waals surface area contributed by atoms with Crippen LogP contribution in [-0.4, -0.2) is 17.4 Å². The number of hydrogen-bond acceptors (Lipinski definition) is 3. The molecule has 0 fully saturated rings. The van der Waals surface area contributed by atoms with Gasteiger partial charge in [-0.05, 0) is 50.3 Å². The van der Waals surface area contributed by atoms with Gasteiger partial charge in [0.05, 0.1) is 17.4 Å². The Hall–Kier alpha value is -2.76. The molecule has 0 radical (unpaired) electrons. The zero-order valence-electron chi connectivity index (χ0n) is 14.4. The van der Waals surface area contributed by atoms with Gasteiger partial charge in [-0.1, -0.05) is 17.7 Å². The Morgan fingerprint density at radius 3 is 2.69 bits per heavy atom. The third kappa shape index (κ3) is 4.65. The molecule has 0 spiro atoms. The van der Waals surface area contributed by atoms with Crippen molar-refractivity contribution in [3.63, 3.8) is 0 Å². The summed E-state index contributed by atoms with van der Waals surface area (Å²) < 4.78 is 27.5. The fourth-order valence-corrected chi connectivity index (χ4v) is 2.96. The SMILES string of the molecule is O=C(NCCC1=CCCCC1)c1cncc(Nc2c(F)cccc2F)c1. The number of nitrogens with zero attached hydrogens (tertiary/aromatic N) is 1. The van der Waals surface area contributed by atoms with E-state index in [0.717, 1.165) is 31.4 Å². The van der Waals surface area contributed by atoms with Gasteiger partial charge in [0.25, 0.3) is 5.91 Å². The molecule has 0 unspecified atom stereocenters. The van der Waals surface area contributed by atoms with Crippen LogP contribution in [0.4, 0.5) is 20.2 Å². The van der Waals surface area contributed by atoms with Crippen molar-refractivity contribution in [2.45, 2.75) is 32.1 Å². The summed E-state index contributed by atoms with van der Waals surface area (Å²) >= 11 is 0. The minimum Gasteiger partial charge on any atom is -0.352 e. The summed E-state index contributed by atoms with van der Waals surface area (Å²) in [4.78, 5) is 16.3. The van der Waals surface area contributed by atoms with Crippen molar-refractivity contribution >= 4 is 17.3 Å². The lowest BCUT2D eigenvalue weighted by Crippen LogP contribution is -2.25. The summed E-state index contributed by atoms with van der Waals surface area (Å²) in [6.07, 6.45) is 10.6. The molecule has 1 amide bonds. The van der Waals surface area contributed by atoms with E-state index in [0.29, 0.717) is 17.8 Å². The minimum absolute atomic E-state index is 0.258. The maximum absolute atomic E-state index is 13.7. The Morgan fingerprint density at radius 2 is 1.96 bits per heavy atom. The van der Waals surface area contributed by atoms with E-state index in [1.807, 2.05) is 0 Å². The minimum atomic E-state index is -0.708. The van der Waals surface area contributed by atoms with Crippen molar-refractivity contribution in [1.29, 1.82) is 0 Å². The number of carbonyl (C=O) groups excluding carboxylic acids is 1. The molecule has 1 aliphatic rings. The van der Waals surface area contributed by atoms with Gasteiger partial charge in [-0.15, -0.1) is 0 Å². The van der Waals surface area contributed by atoms with E-state index in [1.54, 1.807) is 0 Å². The molecule has 0 saturated heterocycles. The monoisotopic (exact) mass is 357 g/mol. The lowest BCUT2D eigenvalue weighted by atomic mass is 9.97. The Balaban J connectivity index is 1.61. The molecule has 4 nitrogen and oxygen atoms in total. The molecule has 1 heterocycles. The number of anilines is 2. The normalized spacial score (nSPS) is 13.8. The number of amides is 1. The number of rotatable bonds is 6. The summed E-state index contributed by atoms with van der Waals surface area (Å²) in [7, 11) is 0. The molecule has 0 aliphatic heterocycles. The van der Waals surface area contributed by atoms with Gasteiger partial charge in [-0.2, -0.15) is 0 Å². The Morgan fingerprint density at radius 1 is 1.15 bits per heavy atom. The predicted octanol–water partition coefficient (Wildman–Crippen LogP) is 4.72. The van der Waals surface area contributed by atoms with Crippen molar-refractivity contribution < 1.29 is 13.6 Å². The number of benzene rings is 1. The van der Waals surface area contributed by atoms with Gasteiger partial charge in [-0.25, -0.2) is 8.78 Å². The fourth-order valence-electron chi connectivity index (χ4n) is 2.96. The summed E-state index contributed by atoms with van der Waals surface area (Å²) in [6.45, 7) is 0.560. The first-order valence-corrected chi connectivity index (χ1v) is 8.75. The number of halogens is 2. The quantitative estimate of drug-likeness (QED) is 0.735. The number of nitrogens with one attached hydrogen (secondary N) is 2. The van der Waals surface area contributed by atoms with Crippen LogP contribution in [0.3, 0.4) is 0 Å². The standard InChI is InChI=1S/C20H21F2N3O/c21-17-7-4-8-18(22)19(17)25-16-11-15(12-23-13-16)20(26)24-10-9-14-5-2-1-3-6-14/h4-5,7-8,11-13,25H,1-3,6,9-10H2,(H,24,26). The molecule has 1 aliphatic carbocycles. The van der Waals surface area contributed by atoms with Crippen LogP contribution in [-0.2, 0) is 0 Å². The highest BCUT2D eigenvalue weighted by Crippen LogP contribution is 2.23. The molecule has 26 heavy (non-hydrogen) atoms. The van der Waals surface area contributed by atoms with E-state index < -0.39 is 11.6 Å². The van der Waals surface area contributed by atoms with Crippen LogP contribution in [0.15, 0.2) is 48.3 Å². The van der Waals surface area contributed by atoms with E-state index in [2.05, 4.69) is 21.7 Å². The first kappa shape index (κ1) is 18.0. The number of carbonyl (C=O) groups is 1. The Labute approximate surface area is 151 Å². The molecule has 0 atom stereocenters. The number of hydrogen-bond donors (Lipinski definition) is 2. The molecular formula is C20H21F2N3O. The van der Waals surface area contributed by atoms with E-state index in [-0.39, 0.29) is 11.6 Å². The molecule has 6 heteroatoms. The number of para-hydroxylation sites is 1. The fraction of sp³-hybridized carbons (Fsp3) is 0.300. The van der Waals surface area contributed by atoms with Crippen LogP contribution in [0.25, 0.3) is 0 Å². The zero-order chi connectivity index (χ0) is 18.4. The summed E-state index contributed by atoms with van der Waals surface area (Å²) in [5.74, 6) is -1.67.